The van der Waals surface area contributed by atoms with E-state index in [4.69, 9.17) is 0 Å². The number of fused-ring (bicyclic) bond motifs is 1. The summed E-state index contributed by atoms with van der Waals surface area (Å²) >= 11 is 0. The molecule has 120 valence electrons. The molecule has 0 saturated carbocycles. The first kappa shape index (κ1) is 15.5. The minimum absolute atomic E-state index is 0.247. The molecule has 3 rings (SSSR count). The van der Waals surface area contributed by atoms with E-state index in [1.165, 1.54) is 6.26 Å². The molecule has 0 atom stereocenters. The smallest absolute Gasteiger partial charge is 0.148 e. The lowest BCUT2D eigenvalue weighted by atomic mass is 10.3. The van der Waals surface area contributed by atoms with Gasteiger partial charge in [0.15, 0.2) is 0 Å². The first-order valence-corrected chi connectivity index (χ1v) is 9.62. The molecule has 6 nitrogen and oxygen atoms in total. The monoisotopic (exact) mass is 322 g/mol. The molecule has 0 spiro atoms. The number of hydrogen-bond donors (Lipinski definition) is 1. The highest BCUT2D eigenvalue weighted by Gasteiger charge is 2.18. The number of piperazine rings is 1. The Bertz CT molecular complexity index is 700. The van der Waals surface area contributed by atoms with E-state index in [-0.39, 0.29) is 5.75 Å². The summed E-state index contributed by atoms with van der Waals surface area (Å²) in [5, 5.41) is 0. The van der Waals surface area contributed by atoms with Crippen LogP contribution in [-0.4, -0.2) is 72.9 Å². The van der Waals surface area contributed by atoms with Gasteiger partial charge >= 0.3 is 0 Å². The van der Waals surface area contributed by atoms with E-state index in [9.17, 15) is 8.42 Å². The van der Waals surface area contributed by atoms with Gasteiger partial charge in [-0.05, 0) is 12.1 Å². The van der Waals surface area contributed by atoms with Crippen LogP contribution in [0.15, 0.2) is 24.3 Å². The minimum atomic E-state index is -2.87. The molecule has 2 aromatic rings. The van der Waals surface area contributed by atoms with Crippen molar-refractivity contribution in [1.82, 2.24) is 19.8 Å². The number of imidazole rings is 1. The predicted octanol–water partition coefficient (Wildman–Crippen LogP) is 0.725. The molecule has 1 saturated heterocycles. The van der Waals surface area contributed by atoms with Crippen LogP contribution in [0.3, 0.4) is 0 Å². The van der Waals surface area contributed by atoms with Crippen LogP contribution >= 0.6 is 0 Å². The van der Waals surface area contributed by atoms with Crippen LogP contribution in [0.1, 0.15) is 5.82 Å². The Morgan fingerprint density at radius 3 is 2.50 bits per heavy atom. The van der Waals surface area contributed by atoms with Gasteiger partial charge in [0.25, 0.3) is 0 Å². The van der Waals surface area contributed by atoms with Crippen molar-refractivity contribution in [3.63, 3.8) is 0 Å². The quantitative estimate of drug-likeness (QED) is 0.879. The lowest BCUT2D eigenvalue weighted by molar-refractivity contribution is 0.130. The fourth-order valence-electron chi connectivity index (χ4n) is 2.76. The maximum atomic E-state index is 11.2. The van der Waals surface area contributed by atoms with E-state index < -0.39 is 9.84 Å². The second kappa shape index (κ2) is 6.36. The number of aromatic amines is 1. The minimum Gasteiger partial charge on any atom is -0.341 e. The molecule has 7 heteroatoms. The molecule has 0 amide bonds. The average Bonchev–Trinajstić information content (AvgIpc) is 2.88. The first-order chi connectivity index (χ1) is 10.5. The Balaban J connectivity index is 1.51. The Labute approximate surface area is 131 Å². The molecule has 1 N–H and O–H groups in total. The van der Waals surface area contributed by atoms with E-state index in [1.807, 2.05) is 24.3 Å². The Hall–Kier alpha value is -1.44. The number of para-hydroxylation sites is 2. The van der Waals surface area contributed by atoms with Crippen LogP contribution in [0.2, 0.25) is 0 Å². The van der Waals surface area contributed by atoms with Crippen molar-refractivity contribution >= 4 is 20.9 Å². The highest BCUT2D eigenvalue weighted by atomic mass is 32.2. The number of aromatic nitrogens is 2. The Morgan fingerprint density at radius 1 is 1.14 bits per heavy atom. The second-order valence-corrected chi connectivity index (χ2v) is 8.21. The molecule has 22 heavy (non-hydrogen) atoms. The SMILES string of the molecule is CS(=O)(=O)CCN1CCN(Cc2nc3ccccc3[nH]2)CC1. The average molecular weight is 322 g/mol. The molecule has 0 unspecified atom stereocenters. The molecule has 1 aliphatic heterocycles. The predicted molar refractivity (Wildman–Crippen MR) is 87.5 cm³/mol. The molecule has 1 fully saturated rings. The standard InChI is InChI=1S/C15H22N4O2S/c1-22(20,21)11-10-18-6-8-19(9-7-18)12-15-16-13-4-2-3-5-14(13)17-15/h2-5H,6-12H2,1H3,(H,16,17). The zero-order chi connectivity index (χ0) is 15.6. The van der Waals surface area contributed by atoms with Crippen LogP contribution < -0.4 is 0 Å². The molecule has 0 aliphatic carbocycles. The molecule has 1 aromatic heterocycles. The van der Waals surface area contributed by atoms with Gasteiger partial charge in [0.05, 0.1) is 23.3 Å². The molecule has 1 aromatic carbocycles. The van der Waals surface area contributed by atoms with Crippen LogP contribution in [0.5, 0.6) is 0 Å². The van der Waals surface area contributed by atoms with Crippen LogP contribution in [0, 0.1) is 0 Å². The largest absolute Gasteiger partial charge is 0.341 e. The summed E-state index contributed by atoms with van der Waals surface area (Å²) in [7, 11) is -2.87. The summed E-state index contributed by atoms with van der Waals surface area (Å²) in [5.41, 5.74) is 2.08. The lowest BCUT2D eigenvalue weighted by Crippen LogP contribution is -2.47. The fraction of sp³-hybridized carbons (Fsp3) is 0.533. The maximum Gasteiger partial charge on any atom is 0.148 e. The maximum absolute atomic E-state index is 11.2. The van der Waals surface area contributed by atoms with Gasteiger partial charge in [-0.3, -0.25) is 9.80 Å². The number of H-pyrrole nitrogens is 1. The molecular weight excluding hydrogens is 300 g/mol. The third-order valence-electron chi connectivity index (χ3n) is 4.06. The molecule has 0 radical (unpaired) electrons. The molecular formula is C15H22N4O2S. The van der Waals surface area contributed by atoms with Crippen molar-refractivity contribution in [3.05, 3.63) is 30.1 Å². The lowest BCUT2D eigenvalue weighted by Gasteiger charge is -2.34. The number of nitrogens with one attached hydrogen (secondary N) is 1. The van der Waals surface area contributed by atoms with Crippen LogP contribution in [-0.2, 0) is 16.4 Å². The van der Waals surface area contributed by atoms with Crippen molar-refractivity contribution < 1.29 is 8.42 Å². The Kier molecular flexibility index (Phi) is 4.46. The van der Waals surface area contributed by atoms with Gasteiger partial charge < -0.3 is 4.98 Å². The van der Waals surface area contributed by atoms with E-state index in [1.54, 1.807) is 0 Å². The van der Waals surface area contributed by atoms with Gasteiger partial charge in [-0.15, -0.1) is 0 Å². The van der Waals surface area contributed by atoms with Crippen LogP contribution in [0.4, 0.5) is 0 Å². The number of nitrogens with zero attached hydrogens (tertiary/aromatic N) is 3. The zero-order valence-electron chi connectivity index (χ0n) is 12.8. The van der Waals surface area contributed by atoms with E-state index in [0.717, 1.165) is 49.6 Å². The van der Waals surface area contributed by atoms with E-state index in [0.29, 0.717) is 6.54 Å². The van der Waals surface area contributed by atoms with Gasteiger partial charge in [0, 0.05) is 39.0 Å². The number of hydrogen-bond acceptors (Lipinski definition) is 5. The normalized spacial score (nSPS) is 18.0. The molecule has 0 bridgehead atoms. The summed E-state index contributed by atoms with van der Waals surface area (Å²) in [6.07, 6.45) is 1.30. The van der Waals surface area contributed by atoms with Gasteiger partial charge in [0.1, 0.15) is 15.7 Å². The van der Waals surface area contributed by atoms with Gasteiger partial charge in [-0.1, -0.05) is 12.1 Å². The van der Waals surface area contributed by atoms with E-state index in [2.05, 4.69) is 19.8 Å². The summed E-state index contributed by atoms with van der Waals surface area (Å²) in [6.45, 7) is 5.17. The fourth-order valence-corrected chi connectivity index (χ4v) is 3.35. The molecule has 2 heterocycles. The van der Waals surface area contributed by atoms with Crippen molar-refractivity contribution in [2.24, 2.45) is 0 Å². The summed E-state index contributed by atoms with van der Waals surface area (Å²) < 4.78 is 22.4. The topological polar surface area (TPSA) is 69.3 Å². The number of sulfone groups is 1. The van der Waals surface area contributed by atoms with Crippen molar-refractivity contribution in [3.8, 4) is 0 Å². The summed E-state index contributed by atoms with van der Waals surface area (Å²) in [5.74, 6) is 1.24. The summed E-state index contributed by atoms with van der Waals surface area (Å²) in [6, 6.07) is 8.05. The van der Waals surface area contributed by atoms with Crippen molar-refractivity contribution in [1.29, 1.82) is 0 Å². The molecule has 1 aliphatic rings. The summed E-state index contributed by atoms with van der Waals surface area (Å²) in [4.78, 5) is 12.5. The first-order valence-electron chi connectivity index (χ1n) is 7.56. The highest BCUT2D eigenvalue weighted by molar-refractivity contribution is 7.90. The number of benzene rings is 1. The van der Waals surface area contributed by atoms with Crippen LogP contribution in [0.25, 0.3) is 11.0 Å². The van der Waals surface area contributed by atoms with E-state index >= 15 is 0 Å². The van der Waals surface area contributed by atoms with Gasteiger partial charge in [-0.2, -0.15) is 0 Å². The van der Waals surface area contributed by atoms with Crippen molar-refractivity contribution in [2.45, 2.75) is 6.54 Å². The zero-order valence-corrected chi connectivity index (χ0v) is 13.6. The number of rotatable bonds is 5. The Morgan fingerprint density at radius 2 is 1.82 bits per heavy atom. The third kappa shape index (κ3) is 4.06. The highest BCUT2D eigenvalue weighted by Crippen LogP contribution is 2.12. The van der Waals surface area contributed by atoms with Gasteiger partial charge in [0.2, 0.25) is 0 Å². The third-order valence-corrected chi connectivity index (χ3v) is 4.98. The van der Waals surface area contributed by atoms with Crippen molar-refractivity contribution in [2.75, 3.05) is 44.7 Å². The second-order valence-electron chi connectivity index (χ2n) is 5.95. The van der Waals surface area contributed by atoms with Gasteiger partial charge in [-0.25, -0.2) is 13.4 Å².